The summed E-state index contributed by atoms with van der Waals surface area (Å²) in [6.45, 7) is -0.405. The summed E-state index contributed by atoms with van der Waals surface area (Å²) in [6.07, 6.45) is 0. The van der Waals surface area contributed by atoms with Crippen molar-refractivity contribution in [3.63, 3.8) is 0 Å². The molecule has 1 aromatic rings. The molecule has 1 aromatic carbocycles. The van der Waals surface area contributed by atoms with Crippen molar-refractivity contribution in [1.82, 2.24) is 0 Å². The third-order valence-electron chi connectivity index (χ3n) is 4.31. The van der Waals surface area contributed by atoms with E-state index in [4.69, 9.17) is 33.2 Å². The number of carbonyl (C=O) groups excluding carboxylic acids is 3. The molecular weight excluding hydrogens is 402 g/mol. The molecule has 0 bridgehead atoms. The van der Waals surface area contributed by atoms with E-state index in [9.17, 15) is 14.4 Å². The third kappa shape index (κ3) is 3.96. The highest BCUT2D eigenvalue weighted by atomic mass is 16.5. The van der Waals surface area contributed by atoms with E-state index in [-0.39, 0.29) is 53.1 Å². The van der Waals surface area contributed by atoms with Crippen LogP contribution in [-0.2, 0) is 28.5 Å². The minimum Gasteiger partial charge on any atom is -0.493 e. The molecule has 0 aliphatic carbocycles. The monoisotopic (exact) mass is 425 g/mol. The van der Waals surface area contributed by atoms with Gasteiger partial charge in [-0.1, -0.05) is 0 Å². The van der Waals surface area contributed by atoms with Gasteiger partial charge in [0.15, 0.2) is 11.5 Å². The molecule has 0 atom stereocenters. The van der Waals surface area contributed by atoms with Crippen LogP contribution < -0.4 is 19.1 Å². The normalized spacial score (nSPS) is 13.5. The summed E-state index contributed by atoms with van der Waals surface area (Å²) in [5.74, 6) is -2.00. The highest BCUT2D eigenvalue weighted by Gasteiger charge is 2.37. The molecule has 11 heteroatoms. The summed E-state index contributed by atoms with van der Waals surface area (Å²) in [5, 5.41) is 0. The molecule has 0 radical (unpaired) electrons. The van der Waals surface area contributed by atoms with Gasteiger partial charge in [-0.25, -0.2) is 14.4 Å². The Morgan fingerprint density at radius 2 is 1.43 bits per heavy atom. The number of rotatable bonds is 7. The second-order valence-electron chi connectivity index (χ2n) is 5.75. The summed E-state index contributed by atoms with van der Waals surface area (Å²) in [4.78, 5) is 38.7. The van der Waals surface area contributed by atoms with Gasteiger partial charge in [0.1, 0.15) is 18.1 Å². The Balaban J connectivity index is 2.93. The van der Waals surface area contributed by atoms with Crippen LogP contribution in [0.1, 0.15) is 10.4 Å². The number of methoxy groups -OCH3 is 6. The van der Waals surface area contributed by atoms with Gasteiger partial charge in [0.25, 0.3) is 0 Å². The Morgan fingerprint density at radius 1 is 0.833 bits per heavy atom. The van der Waals surface area contributed by atoms with Crippen molar-refractivity contribution in [3.8, 4) is 17.2 Å². The van der Waals surface area contributed by atoms with Crippen LogP contribution in [0.2, 0.25) is 0 Å². The van der Waals surface area contributed by atoms with Gasteiger partial charge in [-0.2, -0.15) is 0 Å². The number of ether oxygens (including phenoxy) is 7. The van der Waals surface area contributed by atoms with Crippen molar-refractivity contribution in [2.45, 2.75) is 0 Å². The molecule has 0 amide bonds. The molecular formula is C19H23NO10. The Bertz CT molecular complexity index is 877. The standard InChI is InChI=1S/C19H23NO10/c1-24-12-7-10(17(21)27-4)13(16(26-3)15(12)25-2)20-9-30-8-11(18(22)28-5)14(20)19(23)29-6/h7H,8-9H2,1-6H3. The maximum atomic E-state index is 12.6. The molecule has 0 aromatic heterocycles. The summed E-state index contributed by atoms with van der Waals surface area (Å²) < 4.78 is 36.1. The summed E-state index contributed by atoms with van der Waals surface area (Å²) in [7, 11) is 7.63. The van der Waals surface area contributed by atoms with E-state index in [1.807, 2.05) is 0 Å². The van der Waals surface area contributed by atoms with Crippen LogP contribution in [0.25, 0.3) is 0 Å². The average Bonchev–Trinajstić information content (AvgIpc) is 2.80. The van der Waals surface area contributed by atoms with Gasteiger partial charge in [-0.05, 0) is 0 Å². The number of benzene rings is 1. The fraction of sp³-hybridized carbons (Fsp3) is 0.421. The smallest absolute Gasteiger partial charge is 0.355 e. The van der Waals surface area contributed by atoms with Gasteiger partial charge in [-0.15, -0.1) is 0 Å². The van der Waals surface area contributed by atoms with E-state index in [0.29, 0.717) is 0 Å². The topological polar surface area (TPSA) is 119 Å². The number of hydrogen-bond acceptors (Lipinski definition) is 11. The Labute approximate surface area is 173 Å². The fourth-order valence-electron chi connectivity index (χ4n) is 2.99. The minimum atomic E-state index is -0.841. The molecule has 0 saturated heterocycles. The molecule has 0 saturated carbocycles. The van der Waals surface area contributed by atoms with E-state index in [2.05, 4.69) is 0 Å². The molecule has 1 aliphatic rings. The van der Waals surface area contributed by atoms with Crippen molar-refractivity contribution in [2.24, 2.45) is 0 Å². The van der Waals surface area contributed by atoms with Crippen LogP contribution in [0.15, 0.2) is 17.3 Å². The van der Waals surface area contributed by atoms with Crippen LogP contribution in [0, 0.1) is 0 Å². The zero-order chi connectivity index (χ0) is 22.4. The lowest BCUT2D eigenvalue weighted by molar-refractivity contribution is -0.140. The molecule has 2 rings (SSSR count). The van der Waals surface area contributed by atoms with E-state index in [0.717, 1.165) is 7.11 Å². The summed E-state index contributed by atoms with van der Waals surface area (Å²) in [6, 6.07) is 1.36. The Kier molecular flexibility index (Phi) is 7.48. The largest absolute Gasteiger partial charge is 0.493 e. The molecule has 11 nitrogen and oxygen atoms in total. The van der Waals surface area contributed by atoms with Crippen molar-refractivity contribution in [1.29, 1.82) is 0 Å². The maximum absolute atomic E-state index is 12.6. The van der Waals surface area contributed by atoms with Crippen molar-refractivity contribution >= 4 is 23.6 Å². The maximum Gasteiger partial charge on any atom is 0.355 e. The zero-order valence-corrected chi connectivity index (χ0v) is 17.5. The first-order valence-electron chi connectivity index (χ1n) is 8.56. The highest BCUT2D eigenvalue weighted by molar-refractivity contribution is 6.07. The van der Waals surface area contributed by atoms with Gasteiger partial charge in [0.05, 0.1) is 60.4 Å². The predicted octanol–water partition coefficient (Wildman–Crippen LogP) is 0.893. The molecule has 0 N–H and O–H groups in total. The SMILES string of the molecule is COC(=O)C1=C(C(=O)OC)N(c2c(C(=O)OC)cc(OC)c(OC)c2OC)COC1. The lowest BCUT2D eigenvalue weighted by atomic mass is 10.1. The lowest BCUT2D eigenvalue weighted by Gasteiger charge is -2.33. The number of nitrogens with zero attached hydrogens (tertiary/aromatic N) is 1. The molecule has 1 aliphatic heterocycles. The van der Waals surface area contributed by atoms with E-state index >= 15 is 0 Å². The van der Waals surface area contributed by atoms with Crippen LogP contribution >= 0.6 is 0 Å². The number of hydrogen-bond donors (Lipinski definition) is 0. The molecule has 1 heterocycles. The van der Waals surface area contributed by atoms with E-state index in [1.54, 1.807) is 0 Å². The van der Waals surface area contributed by atoms with Crippen LogP contribution in [-0.4, -0.2) is 73.9 Å². The predicted molar refractivity (Wildman–Crippen MR) is 102 cm³/mol. The number of esters is 3. The Hall–Kier alpha value is -3.47. The molecule has 0 unspecified atom stereocenters. The van der Waals surface area contributed by atoms with Crippen molar-refractivity contribution < 1.29 is 47.5 Å². The number of carbonyl (C=O) groups is 3. The van der Waals surface area contributed by atoms with E-state index < -0.39 is 17.9 Å². The highest BCUT2D eigenvalue weighted by Crippen LogP contribution is 2.48. The van der Waals surface area contributed by atoms with Gasteiger partial charge in [0, 0.05) is 6.07 Å². The second-order valence-corrected chi connectivity index (χ2v) is 5.75. The second kappa shape index (κ2) is 9.83. The van der Waals surface area contributed by atoms with Gasteiger partial charge in [-0.3, -0.25) is 0 Å². The average molecular weight is 425 g/mol. The van der Waals surface area contributed by atoms with E-state index in [1.165, 1.54) is 46.5 Å². The molecule has 30 heavy (non-hydrogen) atoms. The van der Waals surface area contributed by atoms with Crippen LogP contribution in [0.4, 0.5) is 5.69 Å². The van der Waals surface area contributed by atoms with Crippen molar-refractivity contribution in [2.75, 3.05) is 60.9 Å². The molecule has 0 spiro atoms. The summed E-state index contributed by atoms with van der Waals surface area (Å²) >= 11 is 0. The molecule has 164 valence electrons. The molecule has 0 fully saturated rings. The Morgan fingerprint density at radius 3 is 1.93 bits per heavy atom. The van der Waals surface area contributed by atoms with Crippen LogP contribution in [0.5, 0.6) is 17.2 Å². The fourth-order valence-corrected chi connectivity index (χ4v) is 2.99. The first-order chi connectivity index (χ1) is 14.4. The van der Waals surface area contributed by atoms with Gasteiger partial charge >= 0.3 is 17.9 Å². The minimum absolute atomic E-state index is 0.0249. The quantitative estimate of drug-likeness (QED) is 0.458. The van der Waals surface area contributed by atoms with Gasteiger partial charge in [0.2, 0.25) is 5.75 Å². The lowest BCUT2D eigenvalue weighted by Crippen LogP contribution is -2.39. The summed E-state index contributed by atoms with van der Waals surface area (Å²) in [5.41, 5.74) is -0.235. The zero-order valence-electron chi connectivity index (χ0n) is 17.5. The van der Waals surface area contributed by atoms with Crippen molar-refractivity contribution in [3.05, 3.63) is 22.9 Å². The van der Waals surface area contributed by atoms with Gasteiger partial charge < -0.3 is 38.1 Å². The third-order valence-corrected chi connectivity index (χ3v) is 4.31. The van der Waals surface area contributed by atoms with Crippen LogP contribution in [0.3, 0.4) is 0 Å². The first kappa shape index (κ1) is 22.8. The number of anilines is 1. The first-order valence-corrected chi connectivity index (χ1v) is 8.56.